The molecule has 2 atom stereocenters. The minimum atomic E-state index is -0.909. The number of hydrogen-bond donors (Lipinski definition) is 1. The van der Waals surface area contributed by atoms with Gasteiger partial charge >= 0.3 is 0 Å². The van der Waals surface area contributed by atoms with Gasteiger partial charge < -0.3 is 9.84 Å². The maximum absolute atomic E-state index is 10.5. The van der Waals surface area contributed by atoms with Crippen molar-refractivity contribution in [1.82, 2.24) is 9.97 Å². The number of nitrogens with zero attached hydrogens (tertiary/aromatic N) is 2. The molecule has 4 heteroatoms. The van der Waals surface area contributed by atoms with Gasteiger partial charge in [0.05, 0.1) is 18.9 Å². The molecule has 1 aliphatic heterocycles. The number of aryl methyl sites for hydroxylation is 2. The average Bonchev–Trinajstić information content (AvgIpc) is 3.18. The first-order valence-electron chi connectivity index (χ1n) is 8.14. The van der Waals surface area contributed by atoms with E-state index < -0.39 is 5.60 Å². The molecule has 1 saturated carbocycles. The lowest BCUT2D eigenvalue weighted by molar-refractivity contribution is -0.187. The molecule has 2 fully saturated rings. The number of rotatable bonds is 3. The van der Waals surface area contributed by atoms with Crippen LogP contribution in [0.3, 0.4) is 0 Å². The molecule has 4 nitrogen and oxygen atoms in total. The van der Waals surface area contributed by atoms with E-state index in [1.54, 1.807) is 0 Å². The summed E-state index contributed by atoms with van der Waals surface area (Å²) in [7, 11) is 0. The fourth-order valence-electron chi connectivity index (χ4n) is 3.57. The number of ether oxygens (including phenoxy) is 1. The normalized spacial score (nSPS) is 28.3. The standard InChI is InChI=1S/C19H22N2O2/c1-12-5-4-6-16(20-12)18(3)9-15(18)14-7-13(2)21-17(8-14)19(22)10-23-11-19/h4-8,15,22H,9-11H2,1-3H3. The Morgan fingerprint density at radius 1 is 1.09 bits per heavy atom. The van der Waals surface area contributed by atoms with Gasteiger partial charge in [-0.2, -0.15) is 0 Å². The molecule has 0 aromatic carbocycles. The van der Waals surface area contributed by atoms with Crippen LogP contribution in [0.25, 0.3) is 0 Å². The first kappa shape index (κ1) is 14.8. The highest BCUT2D eigenvalue weighted by molar-refractivity contribution is 5.41. The Balaban J connectivity index is 1.67. The highest BCUT2D eigenvalue weighted by Crippen LogP contribution is 2.59. The smallest absolute Gasteiger partial charge is 0.153 e. The van der Waals surface area contributed by atoms with Gasteiger partial charge in [-0.3, -0.25) is 9.97 Å². The second kappa shape index (κ2) is 4.86. The molecule has 2 aromatic heterocycles. The summed E-state index contributed by atoms with van der Waals surface area (Å²) in [5, 5.41) is 10.5. The number of pyridine rings is 2. The van der Waals surface area contributed by atoms with Crippen molar-refractivity contribution in [2.45, 2.75) is 44.1 Å². The Morgan fingerprint density at radius 3 is 2.48 bits per heavy atom. The number of aliphatic hydroxyl groups is 1. The minimum Gasteiger partial charge on any atom is -0.379 e. The summed E-state index contributed by atoms with van der Waals surface area (Å²) in [6.45, 7) is 6.97. The molecule has 23 heavy (non-hydrogen) atoms. The van der Waals surface area contributed by atoms with Crippen molar-refractivity contribution < 1.29 is 9.84 Å². The predicted octanol–water partition coefficient (Wildman–Crippen LogP) is 2.76. The van der Waals surface area contributed by atoms with Gasteiger partial charge in [0.2, 0.25) is 0 Å². The second-order valence-electron chi connectivity index (χ2n) is 7.29. The molecule has 120 valence electrons. The highest BCUT2D eigenvalue weighted by Gasteiger charge is 2.53. The molecule has 1 saturated heterocycles. The molecule has 0 radical (unpaired) electrons. The first-order chi connectivity index (χ1) is 10.9. The van der Waals surface area contributed by atoms with Crippen LogP contribution in [0.5, 0.6) is 0 Å². The fourth-order valence-corrected chi connectivity index (χ4v) is 3.57. The summed E-state index contributed by atoms with van der Waals surface area (Å²) in [6, 6.07) is 10.4. The summed E-state index contributed by atoms with van der Waals surface area (Å²) in [6.07, 6.45) is 1.08. The fraction of sp³-hybridized carbons (Fsp3) is 0.474. The number of aromatic nitrogens is 2. The van der Waals surface area contributed by atoms with Crippen LogP contribution >= 0.6 is 0 Å². The van der Waals surface area contributed by atoms with Gasteiger partial charge in [0.1, 0.15) is 0 Å². The summed E-state index contributed by atoms with van der Waals surface area (Å²) in [5.41, 5.74) is 4.32. The Bertz CT molecular complexity index is 770. The molecular weight excluding hydrogens is 288 g/mol. The Kier molecular flexibility index (Phi) is 3.12. The lowest BCUT2D eigenvalue weighted by Crippen LogP contribution is -2.47. The van der Waals surface area contributed by atoms with Gasteiger partial charge in [0.25, 0.3) is 0 Å². The number of hydrogen-bond acceptors (Lipinski definition) is 4. The monoisotopic (exact) mass is 310 g/mol. The van der Waals surface area contributed by atoms with Gasteiger partial charge in [0.15, 0.2) is 5.60 Å². The summed E-state index contributed by atoms with van der Waals surface area (Å²) in [5.74, 6) is 0.432. The third-order valence-corrected chi connectivity index (χ3v) is 5.25. The van der Waals surface area contributed by atoms with E-state index in [2.05, 4.69) is 36.2 Å². The van der Waals surface area contributed by atoms with Crippen LogP contribution in [0.2, 0.25) is 0 Å². The lowest BCUT2D eigenvalue weighted by atomic mass is 9.92. The molecule has 2 unspecified atom stereocenters. The van der Waals surface area contributed by atoms with Crippen molar-refractivity contribution in [2.75, 3.05) is 13.2 Å². The van der Waals surface area contributed by atoms with Crippen molar-refractivity contribution in [2.24, 2.45) is 0 Å². The van der Waals surface area contributed by atoms with Crippen molar-refractivity contribution in [3.05, 3.63) is 58.7 Å². The maximum Gasteiger partial charge on any atom is 0.153 e. The Morgan fingerprint density at radius 2 is 1.83 bits per heavy atom. The van der Waals surface area contributed by atoms with E-state index in [0.29, 0.717) is 19.1 Å². The van der Waals surface area contributed by atoms with Gasteiger partial charge in [-0.1, -0.05) is 13.0 Å². The molecule has 0 amide bonds. The molecule has 4 rings (SSSR count). The topological polar surface area (TPSA) is 55.2 Å². The van der Waals surface area contributed by atoms with Crippen molar-refractivity contribution >= 4 is 0 Å². The second-order valence-corrected chi connectivity index (χ2v) is 7.29. The van der Waals surface area contributed by atoms with E-state index in [4.69, 9.17) is 9.72 Å². The summed E-state index contributed by atoms with van der Waals surface area (Å²) < 4.78 is 5.17. The van der Waals surface area contributed by atoms with Crippen LogP contribution in [0.15, 0.2) is 30.3 Å². The van der Waals surface area contributed by atoms with Crippen LogP contribution in [-0.4, -0.2) is 28.3 Å². The molecule has 2 aliphatic rings. The highest BCUT2D eigenvalue weighted by atomic mass is 16.5. The van der Waals surface area contributed by atoms with Crippen LogP contribution in [0.1, 0.15) is 47.6 Å². The van der Waals surface area contributed by atoms with E-state index in [-0.39, 0.29) is 5.41 Å². The zero-order valence-corrected chi connectivity index (χ0v) is 13.8. The molecule has 0 spiro atoms. The van der Waals surface area contributed by atoms with E-state index >= 15 is 0 Å². The van der Waals surface area contributed by atoms with Crippen LogP contribution in [-0.2, 0) is 15.8 Å². The molecule has 1 aliphatic carbocycles. The van der Waals surface area contributed by atoms with Crippen LogP contribution in [0.4, 0.5) is 0 Å². The van der Waals surface area contributed by atoms with E-state index in [1.807, 2.05) is 19.9 Å². The summed E-state index contributed by atoms with van der Waals surface area (Å²) in [4.78, 5) is 9.25. The van der Waals surface area contributed by atoms with E-state index in [9.17, 15) is 5.11 Å². The first-order valence-corrected chi connectivity index (χ1v) is 8.14. The third kappa shape index (κ3) is 2.37. The zero-order valence-electron chi connectivity index (χ0n) is 13.8. The van der Waals surface area contributed by atoms with Gasteiger partial charge in [-0.05, 0) is 56.0 Å². The zero-order chi connectivity index (χ0) is 16.2. The lowest BCUT2D eigenvalue weighted by Gasteiger charge is -2.36. The van der Waals surface area contributed by atoms with Crippen molar-refractivity contribution in [1.29, 1.82) is 0 Å². The Labute approximate surface area is 136 Å². The molecule has 2 aromatic rings. The average molecular weight is 310 g/mol. The van der Waals surface area contributed by atoms with Crippen LogP contribution in [0, 0.1) is 13.8 Å². The Hall–Kier alpha value is -1.78. The summed E-state index contributed by atoms with van der Waals surface area (Å²) >= 11 is 0. The van der Waals surface area contributed by atoms with E-state index in [0.717, 1.165) is 29.2 Å². The van der Waals surface area contributed by atoms with Crippen molar-refractivity contribution in [3.8, 4) is 0 Å². The molecule has 3 heterocycles. The third-order valence-electron chi connectivity index (χ3n) is 5.25. The SMILES string of the molecule is Cc1cc(C2CC2(C)c2cccc(C)n2)cc(C2(O)COC2)n1. The quantitative estimate of drug-likeness (QED) is 0.947. The molecule has 1 N–H and O–H groups in total. The minimum absolute atomic E-state index is 0.0792. The van der Waals surface area contributed by atoms with Crippen LogP contribution < -0.4 is 0 Å². The maximum atomic E-state index is 10.5. The van der Waals surface area contributed by atoms with Gasteiger partial charge in [0, 0.05) is 22.5 Å². The molecular formula is C19H22N2O2. The van der Waals surface area contributed by atoms with Gasteiger partial charge in [-0.25, -0.2) is 0 Å². The predicted molar refractivity (Wildman–Crippen MR) is 87.4 cm³/mol. The van der Waals surface area contributed by atoms with Crippen molar-refractivity contribution in [3.63, 3.8) is 0 Å². The molecule has 0 bridgehead atoms. The van der Waals surface area contributed by atoms with E-state index in [1.165, 1.54) is 5.56 Å². The van der Waals surface area contributed by atoms with Gasteiger partial charge in [-0.15, -0.1) is 0 Å². The largest absolute Gasteiger partial charge is 0.379 e.